The van der Waals surface area contributed by atoms with Gasteiger partial charge in [-0.1, -0.05) is 103 Å². The molecule has 4 atom stereocenters. The zero-order valence-corrected chi connectivity index (χ0v) is 37.8. The Morgan fingerprint density at radius 2 is 1.09 bits per heavy atom. The number of morpholine rings is 1. The summed E-state index contributed by atoms with van der Waals surface area (Å²) in [7, 11) is 0. The highest BCUT2D eigenvalue weighted by Gasteiger charge is 2.40. The third-order valence-corrected chi connectivity index (χ3v) is 13.7. The molecule has 3 N–H and O–H groups in total. The third kappa shape index (κ3) is 9.78. The second-order valence-electron chi connectivity index (χ2n) is 18.0. The maximum absolute atomic E-state index is 14.4. The molecule has 4 amide bonds. The lowest BCUT2D eigenvalue weighted by atomic mass is 10.00. The summed E-state index contributed by atoms with van der Waals surface area (Å²) < 4.78 is 5.43. The standard InChI is InChI=1S/C54H57N9O4/c64-52(48(42-12-4-1-5-13-42)59-54(66)61-32-34-67-35-33-61)62-30-10-16-46(62)50-55-36-44(57-50)40-24-20-38(21-25-40)18-19-39-22-26-41(27-23-39)45-37-56-51(58-45)47-17-11-31-63(47)53(65)49(43-14-6-2-7-15-43)60-28-8-3-9-29-60/h1-2,4-7,12-15,20-27,36-37,46-49H,3,8-11,16-17,28-35H2,(H,55,57)(H,56,58)(H,59,66). The number of hydrogen-bond acceptors (Lipinski definition) is 7. The Balaban J connectivity index is 0.774. The van der Waals surface area contributed by atoms with Crippen molar-refractivity contribution in [1.29, 1.82) is 0 Å². The van der Waals surface area contributed by atoms with E-state index < -0.39 is 6.04 Å². The van der Waals surface area contributed by atoms with Crippen LogP contribution in [0.25, 0.3) is 22.5 Å². The van der Waals surface area contributed by atoms with E-state index in [2.05, 4.69) is 61.2 Å². The van der Waals surface area contributed by atoms with Crippen LogP contribution < -0.4 is 5.32 Å². The van der Waals surface area contributed by atoms with Gasteiger partial charge in [0.05, 0.1) is 49.1 Å². The Morgan fingerprint density at radius 1 is 0.582 bits per heavy atom. The van der Waals surface area contributed by atoms with Crippen molar-refractivity contribution in [3.8, 4) is 34.4 Å². The van der Waals surface area contributed by atoms with Gasteiger partial charge in [-0.3, -0.25) is 14.5 Å². The lowest BCUT2D eigenvalue weighted by molar-refractivity contribution is -0.139. The van der Waals surface area contributed by atoms with Crippen LogP contribution in [-0.2, 0) is 14.3 Å². The van der Waals surface area contributed by atoms with E-state index in [-0.39, 0.29) is 36.0 Å². The summed E-state index contributed by atoms with van der Waals surface area (Å²) in [6, 6.07) is 34.2. The number of rotatable bonds is 10. The first-order valence-electron chi connectivity index (χ1n) is 23.9. The Kier molecular flexibility index (Phi) is 13.3. The molecule has 4 saturated heterocycles. The predicted molar refractivity (Wildman–Crippen MR) is 256 cm³/mol. The summed E-state index contributed by atoms with van der Waals surface area (Å²) in [5, 5.41) is 3.03. The van der Waals surface area contributed by atoms with Gasteiger partial charge in [-0.15, -0.1) is 0 Å². The minimum absolute atomic E-state index is 0.0847. The van der Waals surface area contributed by atoms with Crippen molar-refractivity contribution in [2.45, 2.75) is 69.1 Å². The number of benzene rings is 4. The van der Waals surface area contributed by atoms with Gasteiger partial charge < -0.3 is 34.7 Å². The quantitative estimate of drug-likeness (QED) is 0.118. The number of amides is 4. The van der Waals surface area contributed by atoms with Crippen molar-refractivity contribution >= 4 is 17.8 Å². The van der Waals surface area contributed by atoms with Gasteiger partial charge in [0.1, 0.15) is 23.7 Å². The Bertz CT molecular complexity index is 2700. The molecule has 6 aromatic rings. The van der Waals surface area contributed by atoms with E-state index in [0.29, 0.717) is 32.8 Å². The van der Waals surface area contributed by atoms with Gasteiger partial charge in [-0.25, -0.2) is 14.8 Å². The Morgan fingerprint density at radius 3 is 1.63 bits per heavy atom. The van der Waals surface area contributed by atoms with E-state index >= 15 is 0 Å². The van der Waals surface area contributed by atoms with E-state index in [0.717, 1.165) is 115 Å². The van der Waals surface area contributed by atoms with Gasteiger partial charge in [0, 0.05) is 37.3 Å². The predicted octanol–water partition coefficient (Wildman–Crippen LogP) is 8.20. The molecule has 4 unspecified atom stereocenters. The van der Waals surface area contributed by atoms with Crippen molar-refractivity contribution < 1.29 is 19.1 Å². The molecule has 342 valence electrons. The maximum atomic E-state index is 14.4. The van der Waals surface area contributed by atoms with Crippen LogP contribution in [-0.4, -0.2) is 110 Å². The first-order chi connectivity index (χ1) is 33.0. The van der Waals surface area contributed by atoms with Crippen molar-refractivity contribution in [2.75, 3.05) is 52.5 Å². The monoisotopic (exact) mass is 895 g/mol. The average molecular weight is 896 g/mol. The molecular formula is C54H57N9O4. The summed E-state index contributed by atoms with van der Waals surface area (Å²) in [6.07, 6.45) is 10.6. The minimum Gasteiger partial charge on any atom is -0.378 e. The fourth-order valence-electron chi connectivity index (χ4n) is 10.1. The van der Waals surface area contributed by atoms with Gasteiger partial charge in [0.25, 0.3) is 0 Å². The molecule has 2 aromatic heterocycles. The molecule has 0 radical (unpaired) electrons. The average Bonchev–Trinajstić information content (AvgIpc) is 4.25. The molecule has 4 fully saturated rings. The summed E-state index contributed by atoms with van der Waals surface area (Å²) in [6.45, 7) is 5.13. The number of imidazole rings is 2. The maximum Gasteiger partial charge on any atom is 0.318 e. The SMILES string of the molecule is O=C(NC(C(=O)N1CCCC1c1ncc(-c2ccc(C#Cc3ccc(-c4cnc(C5CCCN5C(=O)C(c5ccccc5)N5CCCCC5)[nH]4)cc3)cc2)[nH]1)c1ccccc1)N1CCOCC1. The van der Waals surface area contributed by atoms with Crippen molar-refractivity contribution in [2.24, 2.45) is 0 Å². The minimum atomic E-state index is -0.821. The van der Waals surface area contributed by atoms with Crippen LogP contribution in [0.1, 0.15) is 103 Å². The number of piperidine rings is 1. The molecule has 0 aliphatic carbocycles. The number of H-pyrrole nitrogens is 2. The molecule has 0 spiro atoms. The van der Waals surface area contributed by atoms with Crippen molar-refractivity contribution in [3.63, 3.8) is 0 Å². The summed E-state index contributed by atoms with van der Waals surface area (Å²) in [5.41, 5.74) is 7.33. The summed E-state index contributed by atoms with van der Waals surface area (Å²) in [5.74, 6) is 8.19. The Hall–Kier alpha value is -7.01. The highest BCUT2D eigenvalue weighted by Crippen LogP contribution is 2.37. The van der Waals surface area contributed by atoms with Gasteiger partial charge in [-0.05, 0) is 98.1 Å². The zero-order chi connectivity index (χ0) is 45.5. The molecule has 10 rings (SSSR count). The lowest BCUT2D eigenvalue weighted by Gasteiger charge is -2.37. The van der Waals surface area contributed by atoms with Crippen LogP contribution in [0, 0.1) is 11.8 Å². The molecule has 0 bridgehead atoms. The Labute approximate surface area is 391 Å². The van der Waals surface area contributed by atoms with E-state index in [1.54, 1.807) is 4.90 Å². The molecule has 13 nitrogen and oxygen atoms in total. The van der Waals surface area contributed by atoms with Crippen LogP contribution >= 0.6 is 0 Å². The van der Waals surface area contributed by atoms with Crippen LogP contribution in [0.2, 0.25) is 0 Å². The number of nitrogens with zero attached hydrogens (tertiary/aromatic N) is 6. The number of nitrogens with one attached hydrogen (secondary N) is 3. The lowest BCUT2D eigenvalue weighted by Crippen LogP contribution is -2.50. The molecule has 0 saturated carbocycles. The highest BCUT2D eigenvalue weighted by atomic mass is 16.5. The number of carbonyl (C=O) groups is 3. The molecule has 67 heavy (non-hydrogen) atoms. The van der Waals surface area contributed by atoms with Gasteiger partial charge in [0.2, 0.25) is 11.8 Å². The second kappa shape index (κ2) is 20.2. The number of urea groups is 1. The fourth-order valence-corrected chi connectivity index (χ4v) is 10.1. The number of carbonyl (C=O) groups excluding carboxylic acids is 3. The fraction of sp³-hybridized carbons (Fsp3) is 0.352. The molecule has 6 heterocycles. The first-order valence-corrected chi connectivity index (χ1v) is 23.9. The van der Waals surface area contributed by atoms with Crippen molar-refractivity contribution in [3.05, 3.63) is 155 Å². The number of likely N-dealkylation sites (tertiary alicyclic amines) is 3. The second-order valence-corrected chi connectivity index (χ2v) is 18.0. The smallest absolute Gasteiger partial charge is 0.318 e. The number of aromatic amines is 2. The molecule has 4 aliphatic rings. The van der Waals surface area contributed by atoms with Gasteiger partial charge in [-0.2, -0.15) is 0 Å². The molecule has 4 aliphatic heterocycles. The van der Waals surface area contributed by atoms with Gasteiger partial charge >= 0.3 is 6.03 Å². The third-order valence-electron chi connectivity index (χ3n) is 13.7. The zero-order valence-electron chi connectivity index (χ0n) is 37.8. The van der Waals surface area contributed by atoms with E-state index in [4.69, 9.17) is 14.7 Å². The van der Waals surface area contributed by atoms with E-state index in [9.17, 15) is 14.4 Å². The highest BCUT2D eigenvalue weighted by molar-refractivity contribution is 5.89. The number of hydrogen-bond donors (Lipinski definition) is 3. The van der Waals surface area contributed by atoms with E-state index in [1.807, 2.05) is 102 Å². The topological polar surface area (TPSA) is 143 Å². The molecule has 4 aromatic carbocycles. The largest absolute Gasteiger partial charge is 0.378 e. The molecular weight excluding hydrogens is 839 g/mol. The number of ether oxygens (including phenoxy) is 1. The first kappa shape index (κ1) is 43.9. The van der Waals surface area contributed by atoms with Crippen LogP contribution in [0.5, 0.6) is 0 Å². The summed E-state index contributed by atoms with van der Waals surface area (Å²) >= 11 is 0. The summed E-state index contributed by atoms with van der Waals surface area (Å²) in [4.78, 5) is 66.6. The van der Waals surface area contributed by atoms with Gasteiger partial charge in [0.15, 0.2) is 0 Å². The van der Waals surface area contributed by atoms with Crippen LogP contribution in [0.15, 0.2) is 122 Å². The number of aromatic nitrogens is 4. The van der Waals surface area contributed by atoms with Crippen LogP contribution in [0.3, 0.4) is 0 Å². The van der Waals surface area contributed by atoms with Crippen LogP contribution in [0.4, 0.5) is 4.79 Å². The van der Waals surface area contributed by atoms with E-state index in [1.165, 1.54) is 6.42 Å². The normalized spacial score (nSPS) is 19.7. The van der Waals surface area contributed by atoms with Crippen molar-refractivity contribution in [1.82, 2.24) is 44.9 Å². The molecule has 13 heteroatoms.